The highest BCUT2D eigenvalue weighted by Gasteiger charge is 2.45. The molecule has 10 rings (SSSR count). The average Bonchev–Trinajstić information content (AvgIpc) is 3.92. The number of phenolic OH excluding ortho intramolecular Hbond substituents is 2. The number of aryl methyl sites for hydroxylation is 1. The van der Waals surface area contributed by atoms with Crippen molar-refractivity contribution in [2.24, 2.45) is 0 Å². The van der Waals surface area contributed by atoms with Gasteiger partial charge in [0.15, 0.2) is 11.4 Å². The van der Waals surface area contributed by atoms with Crippen molar-refractivity contribution in [3.8, 4) is 45.7 Å². The van der Waals surface area contributed by atoms with Crippen LogP contribution in [0.3, 0.4) is 0 Å². The number of piperazine rings is 1. The lowest BCUT2D eigenvalue weighted by molar-refractivity contribution is -0.172. The predicted molar refractivity (Wildman–Crippen MR) is 256 cm³/mol. The lowest BCUT2D eigenvalue weighted by atomic mass is 9.86. The number of rotatable bonds is 11. The van der Waals surface area contributed by atoms with E-state index in [0.29, 0.717) is 78.2 Å². The predicted octanol–water partition coefficient (Wildman–Crippen LogP) is 5.44. The second-order valence-corrected chi connectivity index (χ2v) is 19.7. The monoisotopic (exact) mass is 967 g/mol. The molecule has 18 nitrogen and oxygen atoms in total. The van der Waals surface area contributed by atoms with Gasteiger partial charge in [-0.05, 0) is 96.1 Å². The molecule has 1 atom stereocenters. The molecule has 0 saturated carbocycles. The van der Waals surface area contributed by atoms with Gasteiger partial charge in [0.2, 0.25) is 0 Å². The van der Waals surface area contributed by atoms with Crippen LogP contribution in [0.25, 0.3) is 39.4 Å². The highest BCUT2D eigenvalue weighted by molar-refractivity contribution is 7.87. The number of carbonyl (C=O) groups is 2. The quantitative estimate of drug-likeness (QED) is 0.0933. The van der Waals surface area contributed by atoms with E-state index in [0.717, 1.165) is 16.7 Å². The number of aromatic nitrogens is 5. The molecular formula is C51H49N7O11S. The Balaban J connectivity index is 0.807. The number of hydrogen-bond acceptors (Lipinski definition) is 14. The SMILES string of the molecule is CCc1c2c(nc3ccc(OS(=O)(=O)c4cccc(C(=O)N5CCN(Cc6ccc(-n7c(-c8cc(C(C)C)c(O)cc8O)n[nH]c7=O)cc6)CC5)c4)cc13)-c1cc3c(c(=O)n1C2)COC(=O)C3(O)CC. The van der Waals surface area contributed by atoms with Crippen LogP contribution in [0.1, 0.15) is 83.8 Å². The Morgan fingerprint density at radius 1 is 0.914 bits per heavy atom. The summed E-state index contributed by atoms with van der Waals surface area (Å²) in [5, 5.41) is 39.6. The molecule has 0 bridgehead atoms. The van der Waals surface area contributed by atoms with Gasteiger partial charge in [-0.15, -0.1) is 0 Å². The number of fused-ring (bicyclic) bond motifs is 5. The molecule has 1 amide bonds. The first-order chi connectivity index (χ1) is 33.5. The zero-order valence-electron chi connectivity index (χ0n) is 38.7. The first kappa shape index (κ1) is 46.1. The number of hydrogen-bond donors (Lipinski definition) is 4. The summed E-state index contributed by atoms with van der Waals surface area (Å²) in [6, 6.07) is 22.4. The Hall–Kier alpha value is -7.61. The number of H-pyrrole nitrogens is 1. The van der Waals surface area contributed by atoms with Crippen LogP contribution < -0.4 is 15.4 Å². The second-order valence-electron chi connectivity index (χ2n) is 18.1. The number of aliphatic hydroxyl groups is 1. The van der Waals surface area contributed by atoms with Crippen LogP contribution in [0.4, 0.5) is 0 Å². The van der Waals surface area contributed by atoms with E-state index in [4.69, 9.17) is 13.9 Å². The van der Waals surface area contributed by atoms with E-state index in [1.165, 1.54) is 34.9 Å². The van der Waals surface area contributed by atoms with Crippen LogP contribution in [0.2, 0.25) is 0 Å². The van der Waals surface area contributed by atoms with Crippen LogP contribution in [0.5, 0.6) is 17.2 Å². The van der Waals surface area contributed by atoms with Gasteiger partial charge in [-0.3, -0.25) is 14.5 Å². The van der Waals surface area contributed by atoms with Gasteiger partial charge in [-0.2, -0.15) is 13.5 Å². The molecule has 7 aromatic rings. The summed E-state index contributed by atoms with van der Waals surface area (Å²) in [4.78, 5) is 61.7. The van der Waals surface area contributed by atoms with Crippen molar-refractivity contribution in [2.45, 2.75) is 76.6 Å². The summed E-state index contributed by atoms with van der Waals surface area (Å²) in [5.41, 5.74) is 3.32. The number of esters is 1. The molecule has 6 heterocycles. The Labute approximate surface area is 401 Å². The van der Waals surface area contributed by atoms with Crippen LogP contribution in [-0.2, 0) is 51.4 Å². The number of nitrogens with zero attached hydrogens (tertiary/aromatic N) is 6. The fourth-order valence-electron chi connectivity index (χ4n) is 9.81. The van der Waals surface area contributed by atoms with Crippen LogP contribution in [-0.4, -0.2) is 95.9 Å². The molecule has 19 heteroatoms. The fraction of sp³-hybridized carbons (Fsp3) is 0.294. The first-order valence-corrected chi connectivity index (χ1v) is 24.4. The molecule has 360 valence electrons. The van der Waals surface area contributed by atoms with Gasteiger partial charge in [-0.1, -0.05) is 45.9 Å². The third-order valence-electron chi connectivity index (χ3n) is 13.6. The van der Waals surface area contributed by atoms with Gasteiger partial charge in [0.25, 0.3) is 11.5 Å². The van der Waals surface area contributed by atoms with E-state index in [2.05, 4.69) is 15.1 Å². The topological polar surface area (TPSA) is 239 Å². The fourth-order valence-corrected chi connectivity index (χ4v) is 10.8. The molecule has 4 N–H and O–H groups in total. The second kappa shape index (κ2) is 17.4. The molecule has 0 aliphatic carbocycles. The summed E-state index contributed by atoms with van der Waals surface area (Å²) in [7, 11) is -4.42. The molecule has 1 fully saturated rings. The van der Waals surface area contributed by atoms with Crippen molar-refractivity contribution in [3.05, 3.63) is 145 Å². The number of aromatic hydroxyl groups is 2. The van der Waals surface area contributed by atoms with Crippen molar-refractivity contribution in [3.63, 3.8) is 0 Å². The van der Waals surface area contributed by atoms with Crippen LogP contribution in [0.15, 0.2) is 99.4 Å². The minimum Gasteiger partial charge on any atom is -0.508 e. The van der Waals surface area contributed by atoms with Crippen LogP contribution in [0, 0.1) is 0 Å². The number of nitrogens with one attached hydrogen (secondary N) is 1. The lowest BCUT2D eigenvalue weighted by Crippen LogP contribution is -2.48. The summed E-state index contributed by atoms with van der Waals surface area (Å²) < 4.78 is 41.4. The standard InChI is InChI=1S/C51H49N7O11S/c1-5-34-36-21-32(14-15-41(36)52-45-38(34)26-57-42(45)23-40-39(48(57)62)27-68-49(63)51(40,65)6-2)69-70(66,67)33-9-7-8-30(20-33)47(61)56-18-16-55(17-19-56)25-29-10-12-31(13-11-29)58-46(53-54-50(58)64)37-22-35(28(3)4)43(59)24-44(37)60/h7-15,20-24,28,59-60,65H,5-6,16-19,25-27H2,1-4H3,(H,54,64). The Morgan fingerprint density at radius 3 is 2.39 bits per heavy atom. The summed E-state index contributed by atoms with van der Waals surface area (Å²) in [5.74, 6) is -1.19. The Morgan fingerprint density at radius 2 is 1.67 bits per heavy atom. The molecule has 0 spiro atoms. The maximum atomic E-state index is 13.8. The van der Waals surface area contributed by atoms with E-state index < -0.39 is 27.4 Å². The van der Waals surface area contributed by atoms with Crippen molar-refractivity contribution >= 4 is 32.9 Å². The first-order valence-electron chi connectivity index (χ1n) is 23.0. The number of ether oxygens (including phenoxy) is 1. The number of amides is 1. The Kier molecular flexibility index (Phi) is 11.5. The highest BCUT2D eigenvalue weighted by Crippen LogP contribution is 2.42. The van der Waals surface area contributed by atoms with Crippen molar-refractivity contribution < 1.29 is 42.2 Å². The number of pyridine rings is 2. The largest absolute Gasteiger partial charge is 0.508 e. The van der Waals surface area contributed by atoms with E-state index in [-0.39, 0.29) is 81.6 Å². The third-order valence-corrected chi connectivity index (χ3v) is 14.9. The van der Waals surface area contributed by atoms with E-state index >= 15 is 0 Å². The zero-order chi connectivity index (χ0) is 49.4. The van der Waals surface area contributed by atoms with Crippen LogP contribution >= 0.6 is 0 Å². The number of phenols is 2. The normalized spacial score (nSPS) is 16.8. The molecule has 3 aliphatic heterocycles. The molecule has 3 aliphatic rings. The van der Waals surface area contributed by atoms with Gasteiger partial charge < -0.3 is 33.7 Å². The molecule has 70 heavy (non-hydrogen) atoms. The number of cyclic esters (lactones) is 1. The molecule has 1 unspecified atom stereocenters. The smallest absolute Gasteiger partial charge is 0.348 e. The minimum absolute atomic E-state index is 0.0193. The van der Waals surface area contributed by atoms with Gasteiger partial charge in [0.05, 0.1) is 40.3 Å². The summed E-state index contributed by atoms with van der Waals surface area (Å²) in [6.45, 7) is 9.84. The van der Waals surface area contributed by atoms with E-state index in [1.54, 1.807) is 58.9 Å². The Bertz CT molecular complexity index is 3540. The molecule has 1 saturated heterocycles. The molecular weight excluding hydrogens is 919 g/mol. The summed E-state index contributed by atoms with van der Waals surface area (Å²) >= 11 is 0. The molecule has 0 radical (unpaired) electrons. The van der Waals surface area contributed by atoms with Gasteiger partial charge in [0, 0.05) is 60.9 Å². The number of benzene rings is 4. The van der Waals surface area contributed by atoms with Crippen molar-refractivity contribution in [1.82, 2.24) is 34.1 Å². The molecule has 4 aromatic carbocycles. The average molecular weight is 968 g/mol. The van der Waals surface area contributed by atoms with E-state index in [1.807, 2.05) is 32.9 Å². The highest BCUT2D eigenvalue weighted by atomic mass is 32.2. The van der Waals surface area contributed by atoms with Gasteiger partial charge in [-0.25, -0.2) is 24.2 Å². The third kappa shape index (κ3) is 7.79. The number of aromatic amines is 1. The maximum Gasteiger partial charge on any atom is 0.348 e. The lowest BCUT2D eigenvalue weighted by Gasteiger charge is -2.34. The summed E-state index contributed by atoms with van der Waals surface area (Å²) in [6.07, 6.45) is 0.533. The maximum absolute atomic E-state index is 13.8. The van der Waals surface area contributed by atoms with Crippen molar-refractivity contribution in [1.29, 1.82) is 0 Å². The van der Waals surface area contributed by atoms with Gasteiger partial charge in [0.1, 0.15) is 28.8 Å². The van der Waals surface area contributed by atoms with Crippen molar-refractivity contribution in [2.75, 3.05) is 26.2 Å². The van der Waals surface area contributed by atoms with Gasteiger partial charge >= 0.3 is 21.8 Å². The number of carbonyl (C=O) groups excluding carboxylic acids is 2. The minimum atomic E-state index is -4.42. The molecule has 3 aromatic heterocycles. The van der Waals surface area contributed by atoms with E-state index in [9.17, 15) is 42.9 Å². The zero-order valence-corrected chi connectivity index (χ0v) is 39.5.